The molecule has 7 heteroatoms. The minimum absolute atomic E-state index is 0.0421. The van der Waals surface area contributed by atoms with Gasteiger partial charge in [0.25, 0.3) is 5.56 Å². The van der Waals surface area contributed by atoms with Crippen LogP contribution in [0.15, 0.2) is 15.7 Å². The summed E-state index contributed by atoms with van der Waals surface area (Å²) in [5, 5.41) is 3.05. The van der Waals surface area contributed by atoms with Crippen LogP contribution >= 0.6 is 0 Å². The van der Waals surface area contributed by atoms with Crippen LogP contribution in [0.3, 0.4) is 0 Å². The highest BCUT2D eigenvalue weighted by molar-refractivity contribution is 5.79. The van der Waals surface area contributed by atoms with E-state index in [4.69, 9.17) is 0 Å². The number of carbonyl (C=O) groups is 1. The van der Waals surface area contributed by atoms with E-state index >= 15 is 0 Å². The third-order valence-electron chi connectivity index (χ3n) is 4.61. The minimum atomic E-state index is -0.323. The Kier molecular flexibility index (Phi) is 3.80. The molecule has 1 aromatic rings. The number of carbonyl (C=O) groups excluding carboxylic acids is 1. The summed E-state index contributed by atoms with van der Waals surface area (Å²) < 4.78 is 2.59. The van der Waals surface area contributed by atoms with Gasteiger partial charge >= 0.3 is 5.69 Å². The molecule has 0 unspecified atom stereocenters. The predicted octanol–water partition coefficient (Wildman–Crippen LogP) is -0.421. The van der Waals surface area contributed by atoms with Crippen LogP contribution in [-0.2, 0) is 18.9 Å². The number of anilines is 1. The zero-order chi connectivity index (χ0) is 15.9. The van der Waals surface area contributed by atoms with Gasteiger partial charge in [-0.2, -0.15) is 0 Å². The van der Waals surface area contributed by atoms with Crippen LogP contribution in [0.25, 0.3) is 0 Å². The molecule has 1 N–H and O–H groups in total. The van der Waals surface area contributed by atoms with E-state index in [1.807, 2.05) is 4.90 Å². The van der Waals surface area contributed by atoms with Crippen molar-refractivity contribution in [1.29, 1.82) is 0 Å². The quantitative estimate of drug-likeness (QED) is 0.823. The number of nitrogens with zero attached hydrogens (tertiary/aromatic N) is 3. The molecule has 0 aromatic carbocycles. The van der Waals surface area contributed by atoms with E-state index in [1.54, 1.807) is 7.05 Å². The number of hydrogen-bond donors (Lipinski definition) is 1. The summed E-state index contributed by atoms with van der Waals surface area (Å²) in [6.45, 7) is 1.37. The monoisotopic (exact) mass is 306 g/mol. The van der Waals surface area contributed by atoms with Crippen LogP contribution in [0.4, 0.5) is 5.82 Å². The summed E-state index contributed by atoms with van der Waals surface area (Å²) in [5.74, 6) is 0.828. The van der Waals surface area contributed by atoms with E-state index in [2.05, 4.69) is 5.32 Å². The van der Waals surface area contributed by atoms with Gasteiger partial charge in [0.1, 0.15) is 5.82 Å². The fourth-order valence-electron chi connectivity index (χ4n) is 2.94. The lowest BCUT2D eigenvalue weighted by atomic mass is 9.96. The maximum Gasteiger partial charge on any atom is 0.332 e. The van der Waals surface area contributed by atoms with Crippen LogP contribution < -0.4 is 21.5 Å². The Labute approximate surface area is 128 Å². The summed E-state index contributed by atoms with van der Waals surface area (Å²) in [4.78, 5) is 37.9. The lowest BCUT2D eigenvalue weighted by Gasteiger charge is -2.33. The van der Waals surface area contributed by atoms with E-state index in [0.717, 1.165) is 30.3 Å². The van der Waals surface area contributed by atoms with E-state index in [9.17, 15) is 14.4 Å². The third kappa shape index (κ3) is 2.80. The Morgan fingerprint density at radius 2 is 1.73 bits per heavy atom. The number of hydrogen-bond acceptors (Lipinski definition) is 4. The fraction of sp³-hybridized carbons (Fsp3) is 0.667. The van der Waals surface area contributed by atoms with Gasteiger partial charge < -0.3 is 10.2 Å². The van der Waals surface area contributed by atoms with Gasteiger partial charge in [0, 0.05) is 45.2 Å². The molecule has 7 nitrogen and oxygen atoms in total. The van der Waals surface area contributed by atoms with E-state index < -0.39 is 0 Å². The van der Waals surface area contributed by atoms with Crippen molar-refractivity contribution in [2.45, 2.75) is 31.7 Å². The summed E-state index contributed by atoms with van der Waals surface area (Å²) in [5.41, 5.74) is -0.622. The molecule has 1 aliphatic carbocycles. The Hall–Kier alpha value is -2.05. The van der Waals surface area contributed by atoms with E-state index in [-0.39, 0.29) is 23.1 Å². The van der Waals surface area contributed by atoms with Crippen LogP contribution in [0, 0.1) is 5.92 Å². The van der Waals surface area contributed by atoms with E-state index in [0.29, 0.717) is 24.9 Å². The van der Waals surface area contributed by atoms with Gasteiger partial charge in [-0.25, -0.2) is 4.79 Å². The van der Waals surface area contributed by atoms with Gasteiger partial charge in [-0.1, -0.05) is 0 Å². The number of piperidine rings is 1. The SMILES string of the molecule is Cn1c(N2CCC(C(=O)NC3CC3)CC2)cc(=O)n(C)c1=O. The molecule has 0 atom stereocenters. The molecule has 1 aliphatic heterocycles. The summed E-state index contributed by atoms with van der Waals surface area (Å²) in [6, 6.07) is 1.88. The zero-order valence-corrected chi connectivity index (χ0v) is 13.0. The molecule has 1 amide bonds. The van der Waals surface area contributed by atoms with Crippen molar-refractivity contribution < 1.29 is 4.79 Å². The highest BCUT2D eigenvalue weighted by Crippen LogP contribution is 2.24. The molecule has 1 saturated heterocycles. The van der Waals surface area contributed by atoms with E-state index in [1.165, 1.54) is 17.7 Å². The van der Waals surface area contributed by atoms with Gasteiger partial charge in [-0.15, -0.1) is 0 Å². The molecule has 0 spiro atoms. The standard InChI is InChI=1S/C15H22N4O3/c1-17-12(9-13(20)18(2)15(17)22)19-7-5-10(6-8-19)14(21)16-11-3-4-11/h9-11H,3-8H2,1-2H3,(H,16,21). The van der Waals surface area contributed by atoms with Crippen molar-refractivity contribution in [2.24, 2.45) is 20.0 Å². The van der Waals surface area contributed by atoms with Gasteiger partial charge in [0.15, 0.2) is 0 Å². The summed E-state index contributed by atoms with van der Waals surface area (Å²) >= 11 is 0. The first-order valence-corrected chi connectivity index (χ1v) is 7.79. The molecule has 2 fully saturated rings. The van der Waals surface area contributed by atoms with Gasteiger partial charge in [0.2, 0.25) is 5.91 Å². The molecule has 1 saturated carbocycles. The minimum Gasteiger partial charge on any atom is -0.358 e. The topological polar surface area (TPSA) is 76.3 Å². The maximum absolute atomic E-state index is 12.1. The molecular weight excluding hydrogens is 284 g/mol. The number of rotatable bonds is 3. The number of aromatic nitrogens is 2. The van der Waals surface area contributed by atoms with Gasteiger partial charge in [-0.05, 0) is 25.7 Å². The Balaban J connectivity index is 1.70. The molecule has 0 radical (unpaired) electrons. The second-order valence-electron chi connectivity index (χ2n) is 6.29. The fourth-order valence-corrected chi connectivity index (χ4v) is 2.94. The molecule has 3 rings (SSSR count). The van der Waals surface area contributed by atoms with Crippen molar-refractivity contribution in [3.8, 4) is 0 Å². The van der Waals surface area contributed by atoms with Crippen LogP contribution in [0.5, 0.6) is 0 Å². The average Bonchev–Trinajstić information content (AvgIpc) is 3.33. The first kappa shape index (κ1) is 14.9. The average molecular weight is 306 g/mol. The Morgan fingerprint density at radius 1 is 1.09 bits per heavy atom. The first-order valence-electron chi connectivity index (χ1n) is 7.79. The lowest BCUT2D eigenvalue weighted by molar-refractivity contribution is -0.125. The molecule has 2 heterocycles. The summed E-state index contributed by atoms with van der Waals surface area (Å²) in [6.07, 6.45) is 3.70. The predicted molar refractivity (Wildman–Crippen MR) is 83.0 cm³/mol. The van der Waals surface area contributed by atoms with Crippen molar-refractivity contribution in [3.63, 3.8) is 0 Å². The van der Waals surface area contributed by atoms with Gasteiger partial charge in [-0.3, -0.25) is 18.7 Å². The van der Waals surface area contributed by atoms with Gasteiger partial charge in [0.05, 0.1) is 0 Å². The molecular formula is C15H22N4O3. The largest absolute Gasteiger partial charge is 0.358 e. The smallest absolute Gasteiger partial charge is 0.332 e. The van der Waals surface area contributed by atoms with Crippen molar-refractivity contribution in [1.82, 2.24) is 14.5 Å². The van der Waals surface area contributed by atoms with Crippen LogP contribution in [-0.4, -0.2) is 34.2 Å². The Morgan fingerprint density at radius 3 is 2.32 bits per heavy atom. The van der Waals surface area contributed by atoms with Crippen molar-refractivity contribution in [3.05, 3.63) is 26.9 Å². The molecule has 1 aromatic heterocycles. The zero-order valence-electron chi connectivity index (χ0n) is 13.0. The second-order valence-corrected chi connectivity index (χ2v) is 6.29. The van der Waals surface area contributed by atoms with Crippen LogP contribution in [0.2, 0.25) is 0 Å². The van der Waals surface area contributed by atoms with Crippen molar-refractivity contribution >= 4 is 11.7 Å². The van der Waals surface area contributed by atoms with Crippen LogP contribution in [0.1, 0.15) is 25.7 Å². The van der Waals surface area contributed by atoms with Crippen molar-refractivity contribution in [2.75, 3.05) is 18.0 Å². The molecule has 22 heavy (non-hydrogen) atoms. The number of amides is 1. The normalized spacial score (nSPS) is 19.3. The summed E-state index contributed by atoms with van der Waals surface area (Å²) in [7, 11) is 3.14. The maximum atomic E-state index is 12.1. The first-order chi connectivity index (χ1) is 10.5. The molecule has 0 bridgehead atoms. The second kappa shape index (κ2) is 5.62. The third-order valence-corrected chi connectivity index (χ3v) is 4.61. The lowest BCUT2D eigenvalue weighted by Crippen LogP contribution is -2.45. The number of nitrogens with one attached hydrogen (secondary N) is 1. The molecule has 120 valence electrons. The highest BCUT2D eigenvalue weighted by atomic mass is 16.2. The molecule has 2 aliphatic rings. The highest BCUT2D eigenvalue weighted by Gasteiger charge is 2.30. The Bertz CT molecular complexity index is 694.